The molecule has 0 aliphatic heterocycles. The van der Waals surface area contributed by atoms with Crippen LogP contribution in [0.2, 0.25) is 0 Å². The summed E-state index contributed by atoms with van der Waals surface area (Å²) in [5.41, 5.74) is 2.42. The first-order chi connectivity index (χ1) is 7.98. The molecule has 1 aromatic carbocycles. The molecule has 0 saturated carbocycles. The highest BCUT2D eigenvalue weighted by Crippen LogP contribution is 2.20. The first-order valence-electron chi connectivity index (χ1n) is 5.64. The molecule has 3 heteroatoms. The minimum Gasteiger partial charge on any atom is -0.385 e. The summed E-state index contributed by atoms with van der Waals surface area (Å²) in [4.78, 5) is 0. The third kappa shape index (κ3) is 3.81. The normalized spacial score (nSPS) is 10.4. The lowest BCUT2D eigenvalue weighted by molar-refractivity contribution is 0.466. The highest BCUT2D eigenvalue weighted by molar-refractivity contribution is 5.55. The zero-order valence-corrected chi connectivity index (χ0v) is 10.5. The molecule has 0 aromatic heterocycles. The molecule has 0 aliphatic carbocycles. The van der Waals surface area contributed by atoms with E-state index in [9.17, 15) is 0 Å². The predicted molar refractivity (Wildman–Crippen MR) is 68.4 cm³/mol. The van der Waals surface area contributed by atoms with E-state index >= 15 is 0 Å². The van der Waals surface area contributed by atoms with Gasteiger partial charge in [0.1, 0.15) is 0 Å². The molecule has 0 bridgehead atoms. The van der Waals surface area contributed by atoms with E-state index in [1.54, 1.807) is 6.07 Å². The Balaban J connectivity index is 2.65. The molecule has 0 unspecified atom stereocenters. The second-order valence-electron chi connectivity index (χ2n) is 4.81. The number of hydrogen-bond donors (Lipinski definition) is 1. The third-order valence-electron chi connectivity index (χ3n) is 2.73. The van der Waals surface area contributed by atoms with E-state index in [2.05, 4.69) is 17.5 Å². The molecule has 0 aliphatic rings. The Morgan fingerprint density at radius 1 is 1.29 bits per heavy atom. The van der Waals surface area contributed by atoms with Gasteiger partial charge in [0.05, 0.1) is 23.1 Å². The van der Waals surface area contributed by atoms with Gasteiger partial charge in [0, 0.05) is 12.2 Å². The molecule has 1 N–H and O–H groups in total. The van der Waals surface area contributed by atoms with Gasteiger partial charge in [0.25, 0.3) is 0 Å². The molecule has 1 rings (SSSR count). The third-order valence-corrected chi connectivity index (χ3v) is 2.73. The molecular weight excluding hydrogens is 210 g/mol. The largest absolute Gasteiger partial charge is 0.385 e. The van der Waals surface area contributed by atoms with Crippen molar-refractivity contribution in [2.75, 3.05) is 11.9 Å². The summed E-state index contributed by atoms with van der Waals surface area (Å²) in [6.07, 6.45) is 0.778. The summed E-state index contributed by atoms with van der Waals surface area (Å²) >= 11 is 0. The second-order valence-corrected chi connectivity index (χ2v) is 4.81. The van der Waals surface area contributed by atoms with Gasteiger partial charge < -0.3 is 5.32 Å². The van der Waals surface area contributed by atoms with Gasteiger partial charge in [0.15, 0.2) is 0 Å². The molecule has 1 aromatic rings. The van der Waals surface area contributed by atoms with Gasteiger partial charge in [-0.2, -0.15) is 10.5 Å². The molecule has 88 valence electrons. The van der Waals surface area contributed by atoms with Crippen LogP contribution in [0.5, 0.6) is 0 Å². The van der Waals surface area contributed by atoms with Crippen LogP contribution >= 0.6 is 0 Å². The summed E-state index contributed by atoms with van der Waals surface area (Å²) in [6.45, 7) is 6.58. The summed E-state index contributed by atoms with van der Waals surface area (Å²) < 4.78 is 0. The molecule has 0 heterocycles. The zero-order valence-electron chi connectivity index (χ0n) is 10.5. The Bertz CT molecular complexity index is 475. The van der Waals surface area contributed by atoms with Crippen LogP contribution in [0.15, 0.2) is 18.2 Å². The minimum absolute atomic E-state index is 0.312. The van der Waals surface area contributed by atoms with Gasteiger partial charge in [-0.1, -0.05) is 6.07 Å². The maximum Gasteiger partial charge on any atom is 0.0992 e. The van der Waals surface area contributed by atoms with E-state index in [1.807, 2.05) is 32.9 Å². The number of nitrogens with zero attached hydrogens (tertiary/aromatic N) is 2. The molecule has 0 atom stereocenters. The maximum atomic E-state index is 8.91. The fraction of sp³-hybridized carbons (Fsp3) is 0.429. The van der Waals surface area contributed by atoms with Gasteiger partial charge in [-0.25, -0.2) is 0 Å². The average Bonchev–Trinajstić information content (AvgIpc) is 2.31. The van der Waals surface area contributed by atoms with Crippen molar-refractivity contribution in [2.24, 2.45) is 5.41 Å². The van der Waals surface area contributed by atoms with Gasteiger partial charge in [0.2, 0.25) is 0 Å². The topological polar surface area (TPSA) is 59.6 Å². The van der Waals surface area contributed by atoms with Crippen molar-refractivity contribution in [1.29, 1.82) is 10.5 Å². The van der Waals surface area contributed by atoms with E-state index in [0.29, 0.717) is 5.56 Å². The van der Waals surface area contributed by atoms with E-state index in [1.165, 1.54) is 0 Å². The summed E-state index contributed by atoms with van der Waals surface area (Å²) in [6, 6.07) is 9.97. The number of benzene rings is 1. The summed E-state index contributed by atoms with van der Waals surface area (Å²) in [5, 5.41) is 21.0. The van der Waals surface area contributed by atoms with Gasteiger partial charge in [-0.15, -0.1) is 0 Å². The van der Waals surface area contributed by atoms with Crippen molar-refractivity contribution >= 4 is 5.69 Å². The molecule has 0 amide bonds. The lowest BCUT2D eigenvalue weighted by Crippen LogP contribution is -2.15. The Labute approximate surface area is 103 Å². The van der Waals surface area contributed by atoms with Crippen molar-refractivity contribution < 1.29 is 0 Å². The highest BCUT2D eigenvalue weighted by Gasteiger charge is 2.15. The predicted octanol–water partition coefficient (Wildman–Crippen LogP) is 3.22. The second kappa shape index (κ2) is 5.37. The average molecular weight is 227 g/mol. The first-order valence-corrected chi connectivity index (χ1v) is 5.64. The summed E-state index contributed by atoms with van der Waals surface area (Å²) in [5.74, 6) is 0. The number of rotatable bonds is 4. The highest BCUT2D eigenvalue weighted by atomic mass is 14.9. The van der Waals surface area contributed by atoms with Crippen LogP contribution in [0, 0.1) is 35.0 Å². The number of hydrogen-bond acceptors (Lipinski definition) is 3. The molecule has 0 spiro atoms. The van der Waals surface area contributed by atoms with Crippen molar-refractivity contribution in [1.82, 2.24) is 0 Å². The van der Waals surface area contributed by atoms with Crippen LogP contribution in [-0.4, -0.2) is 6.54 Å². The maximum absolute atomic E-state index is 8.91. The van der Waals surface area contributed by atoms with E-state index in [0.717, 1.165) is 24.2 Å². The van der Waals surface area contributed by atoms with Crippen LogP contribution in [0.1, 0.15) is 31.4 Å². The Hall–Kier alpha value is -2.00. The van der Waals surface area contributed by atoms with Crippen LogP contribution in [-0.2, 0) is 0 Å². The van der Waals surface area contributed by atoms with Gasteiger partial charge in [-0.05, 0) is 44.9 Å². The van der Waals surface area contributed by atoms with Crippen LogP contribution in [0.25, 0.3) is 0 Å². The molecular formula is C14H17N3. The Morgan fingerprint density at radius 3 is 2.59 bits per heavy atom. The molecule has 17 heavy (non-hydrogen) atoms. The number of nitriles is 2. The molecule has 0 radical (unpaired) electrons. The van der Waals surface area contributed by atoms with E-state index < -0.39 is 0 Å². The number of anilines is 1. The number of nitrogens with one attached hydrogen (secondary N) is 1. The fourth-order valence-corrected chi connectivity index (χ4v) is 1.45. The fourth-order valence-electron chi connectivity index (χ4n) is 1.45. The van der Waals surface area contributed by atoms with E-state index in [-0.39, 0.29) is 5.41 Å². The summed E-state index contributed by atoms with van der Waals surface area (Å²) in [7, 11) is 0. The first kappa shape index (κ1) is 13.1. The van der Waals surface area contributed by atoms with Crippen molar-refractivity contribution in [3.63, 3.8) is 0 Å². The van der Waals surface area contributed by atoms with Crippen LogP contribution < -0.4 is 5.32 Å². The van der Waals surface area contributed by atoms with Crippen LogP contribution in [0.3, 0.4) is 0 Å². The lowest BCUT2D eigenvalue weighted by Gasteiger charge is -2.16. The van der Waals surface area contributed by atoms with Gasteiger partial charge in [-0.3, -0.25) is 0 Å². The van der Waals surface area contributed by atoms with Crippen molar-refractivity contribution in [3.8, 4) is 12.1 Å². The van der Waals surface area contributed by atoms with E-state index in [4.69, 9.17) is 10.5 Å². The smallest absolute Gasteiger partial charge is 0.0992 e. The zero-order chi connectivity index (χ0) is 12.9. The lowest BCUT2D eigenvalue weighted by atomic mass is 9.91. The van der Waals surface area contributed by atoms with Gasteiger partial charge >= 0.3 is 0 Å². The number of aryl methyl sites for hydroxylation is 1. The molecule has 0 fully saturated rings. The molecule has 3 nitrogen and oxygen atoms in total. The quantitative estimate of drug-likeness (QED) is 0.859. The minimum atomic E-state index is -0.312. The monoisotopic (exact) mass is 227 g/mol. The van der Waals surface area contributed by atoms with Crippen molar-refractivity contribution in [3.05, 3.63) is 29.3 Å². The standard InChI is InChI=1S/C14H17N3/c1-11-4-5-12(9-15)8-13(11)17-7-6-14(2,3)10-16/h4-5,8,17H,6-7H2,1-3H3. The van der Waals surface area contributed by atoms with Crippen molar-refractivity contribution in [2.45, 2.75) is 27.2 Å². The SMILES string of the molecule is Cc1ccc(C#N)cc1NCCC(C)(C)C#N. The Morgan fingerprint density at radius 2 is 2.00 bits per heavy atom. The molecule has 0 saturated heterocycles. The van der Waals surface area contributed by atoms with Crippen LogP contribution in [0.4, 0.5) is 5.69 Å². The Kier molecular flexibility index (Phi) is 4.12.